The van der Waals surface area contributed by atoms with Crippen molar-refractivity contribution in [2.75, 3.05) is 7.05 Å². The summed E-state index contributed by atoms with van der Waals surface area (Å²) in [5.41, 5.74) is 0. The Balaban J connectivity index is 1.55. The highest BCUT2D eigenvalue weighted by atomic mass is 15.3. The van der Waals surface area contributed by atoms with Gasteiger partial charge in [0.25, 0.3) is 0 Å². The summed E-state index contributed by atoms with van der Waals surface area (Å²) >= 11 is 0. The van der Waals surface area contributed by atoms with Crippen LogP contribution in [-0.2, 0) is 13.1 Å². The SMILES string of the molecule is CCCn1ncnc1CNC1CC2CCCC(C1)N2C. The number of piperidine rings is 2. The molecule has 20 heavy (non-hydrogen) atoms. The normalized spacial score (nSPS) is 30.6. The molecule has 2 saturated heterocycles. The maximum absolute atomic E-state index is 4.39. The summed E-state index contributed by atoms with van der Waals surface area (Å²) in [6.45, 7) is 4.00. The molecule has 112 valence electrons. The van der Waals surface area contributed by atoms with Crippen LogP contribution >= 0.6 is 0 Å². The number of hydrogen-bond donors (Lipinski definition) is 1. The van der Waals surface area contributed by atoms with Crippen molar-refractivity contribution in [2.45, 2.75) is 76.7 Å². The predicted octanol–water partition coefficient (Wildman–Crippen LogP) is 1.79. The molecule has 2 atom stereocenters. The maximum Gasteiger partial charge on any atom is 0.140 e. The number of fused-ring (bicyclic) bond motifs is 2. The van der Waals surface area contributed by atoms with Gasteiger partial charge in [-0.05, 0) is 39.2 Å². The molecule has 1 aromatic heterocycles. The molecule has 0 saturated carbocycles. The van der Waals surface area contributed by atoms with Crippen molar-refractivity contribution >= 4 is 0 Å². The first-order valence-corrected chi connectivity index (χ1v) is 8.10. The summed E-state index contributed by atoms with van der Waals surface area (Å²) in [6, 6.07) is 2.22. The standard InChI is InChI=1S/C15H27N5/c1-3-7-20-15(17-11-18-20)10-16-12-8-13-5-4-6-14(9-12)19(13)2/h11-14,16H,3-10H2,1-2H3. The Hall–Kier alpha value is -0.940. The van der Waals surface area contributed by atoms with E-state index in [4.69, 9.17) is 0 Å². The van der Waals surface area contributed by atoms with Crippen LogP contribution < -0.4 is 5.32 Å². The molecule has 1 N–H and O–H groups in total. The fourth-order valence-corrected chi connectivity index (χ4v) is 3.84. The van der Waals surface area contributed by atoms with Crippen LogP contribution in [0.3, 0.4) is 0 Å². The molecule has 1 aromatic rings. The van der Waals surface area contributed by atoms with Crippen molar-refractivity contribution in [3.8, 4) is 0 Å². The summed E-state index contributed by atoms with van der Waals surface area (Å²) in [6.07, 6.45) is 9.51. The van der Waals surface area contributed by atoms with Crippen LogP contribution in [0.2, 0.25) is 0 Å². The predicted molar refractivity (Wildman–Crippen MR) is 79.4 cm³/mol. The van der Waals surface area contributed by atoms with Gasteiger partial charge in [0, 0.05) is 24.7 Å². The molecule has 2 bridgehead atoms. The average molecular weight is 277 g/mol. The van der Waals surface area contributed by atoms with Gasteiger partial charge in [-0.2, -0.15) is 5.10 Å². The molecular formula is C15H27N5. The summed E-state index contributed by atoms with van der Waals surface area (Å²) < 4.78 is 2.03. The molecule has 0 amide bonds. The average Bonchev–Trinajstić information content (AvgIpc) is 2.85. The van der Waals surface area contributed by atoms with Crippen LogP contribution in [0.1, 0.15) is 51.3 Å². The molecule has 2 unspecified atom stereocenters. The third-order valence-corrected chi connectivity index (χ3v) is 5.02. The molecule has 2 aliphatic rings. The van der Waals surface area contributed by atoms with Crippen LogP contribution in [0.4, 0.5) is 0 Å². The highest BCUT2D eigenvalue weighted by Gasteiger charge is 2.35. The van der Waals surface area contributed by atoms with E-state index in [1.165, 1.54) is 32.1 Å². The number of nitrogens with zero attached hydrogens (tertiary/aromatic N) is 4. The monoisotopic (exact) mass is 277 g/mol. The number of aromatic nitrogens is 3. The van der Waals surface area contributed by atoms with Gasteiger partial charge in [-0.1, -0.05) is 13.3 Å². The van der Waals surface area contributed by atoms with Gasteiger partial charge in [-0.15, -0.1) is 0 Å². The van der Waals surface area contributed by atoms with Gasteiger partial charge < -0.3 is 10.2 Å². The zero-order valence-corrected chi connectivity index (χ0v) is 12.8. The molecule has 0 spiro atoms. The Bertz CT molecular complexity index is 416. The van der Waals surface area contributed by atoms with Gasteiger partial charge in [0.05, 0.1) is 6.54 Å². The number of nitrogens with one attached hydrogen (secondary N) is 1. The summed E-state index contributed by atoms with van der Waals surface area (Å²) in [5.74, 6) is 1.08. The molecule has 0 radical (unpaired) electrons. The Kier molecular flexibility index (Phi) is 4.36. The largest absolute Gasteiger partial charge is 0.307 e. The lowest BCUT2D eigenvalue weighted by Gasteiger charge is -2.47. The third-order valence-electron chi connectivity index (χ3n) is 5.02. The molecule has 5 nitrogen and oxygen atoms in total. The maximum atomic E-state index is 4.39. The molecule has 5 heteroatoms. The zero-order chi connectivity index (χ0) is 13.9. The molecular weight excluding hydrogens is 250 g/mol. The zero-order valence-electron chi connectivity index (χ0n) is 12.8. The quantitative estimate of drug-likeness (QED) is 0.891. The van der Waals surface area contributed by atoms with E-state index in [1.807, 2.05) is 4.68 Å². The van der Waals surface area contributed by atoms with Crippen molar-refractivity contribution in [1.29, 1.82) is 0 Å². The van der Waals surface area contributed by atoms with Crippen LogP contribution in [0, 0.1) is 0 Å². The Labute approximate surface area is 121 Å². The fourth-order valence-electron chi connectivity index (χ4n) is 3.84. The van der Waals surface area contributed by atoms with E-state index < -0.39 is 0 Å². The minimum atomic E-state index is 0.647. The van der Waals surface area contributed by atoms with E-state index in [2.05, 4.69) is 34.3 Å². The van der Waals surface area contributed by atoms with E-state index in [1.54, 1.807) is 6.33 Å². The lowest BCUT2D eigenvalue weighted by atomic mass is 9.82. The van der Waals surface area contributed by atoms with Gasteiger partial charge in [-0.25, -0.2) is 9.67 Å². The fraction of sp³-hybridized carbons (Fsp3) is 0.867. The number of aryl methyl sites for hydroxylation is 1. The molecule has 3 rings (SSSR count). The van der Waals surface area contributed by atoms with Crippen molar-refractivity contribution in [2.24, 2.45) is 0 Å². The van der Waals surface area contributed by atoms with Crippen LogP contribution in [0.25, 0.3) is 0 Å². The van der Waals surface area contributed by atoms with Gasteiger partial charge in [0.1, 0.15) is 12.2 Å². The Morgan fingerprint density at radius 2 is 2.05 bits per heavy atom. The van der Waals surface area contributed by atoms with Gasteiger partial charge in [0.15, 0.2) is 0 Å². The Morgan fingerprint density at radius 1 is 1.30 bits per heavy atom. The van der Waals surface area contributed by atoms with E-state index in [-0.39, 0.29) is 0 Å². The van der Waals surface area contributed by atoms with Gasteiger partial charge >= 0.3 is 0 Å². The highest BCUT2D eigenvalue weighted by molar-refractivity contribution is 4.94. The second kappa shape index (κ2) is 6.22. The second-order valence-electron chi connectivity index (χ2n) is 6.35. The van der Waals surface area contributed by atoms with Crippen molar-refractivity contribution in [1.82, 2.24) is 25.0 Å². The van der Waals surface area contributed by atoms with Crippen molar-refractivity contribution in [3.05, 3.63) is 12.2 Å². The van der Waals surface area contributed by atoms with E-state index >= 15 is 0 Å². The smallest absolute Gasteiger partial charge is 0.140 e. The van der Waals surface area contributed by atoms with E-state index in [0.717, 1.165) is 37.4 Å². The van der Waals surface area contributed by atoms with Crippen LogP contribution in [-0.4, -0.2) is 44.8 Å². The number of rotatable bonds is 5. The first kappa shape index (κ1) is 14.0. The summed E-state index contributed by atoms with van der Waals surface area (Å²) in [4.78, 5) is 7.00. The Morgan fingerprint density at radius 3 is 2.75 bits per heavy atom. The number of hydrogen-bond acceptors (Lipinski definition) is 4. The lowest BCUT2D eigenvalue weighted by molar-refractivity contribution is 0.0480. The molecule has 0 aliphatic carbocycles. The minimum Gasteiger partial charge on any atom is -0.307 e. The minimum absolute atomic E-state index is 0.647. The second-order valence-corrected chi connectivity index (χ2v) is 6.35. The van der Waals surface area contributed by atoms with E-state index in [9.17, 15) is 0 Å². The highest BCUT2D eigenvalue weighted by Crippen LogP contribution is 2.32. The first-order chi connectivity index (χ1) is 9.78. The van der Waals surface area contributed by atoms with Gasteiger partial charge in [0.2, 0.25) is 0 Å². The van der Waals surface area contributed by atoms with Gasteiger partial charge in [-0.3, -0.25) is 0 Å². The summed E-state index contributed by atoms with van der Waals surface area (Å²) in [7, 11) is 2.31. The van der Waals surface area contributed by atoms with Crippen molar-refractivity contribution < 1.29 is 0 Å². The molecule has 2 aliphatic heterocycles. The lowest BCUT2D eigenvalue weighted by Crippen LogP contribution is -2.54. The van der Waals surface area contributed by atoms with Crippen LogP contribution in [0.15, 0.2) is 6.33 Å². The van der Waals surface area contributed by atoms with Crippen LogP contribution in [0.5, 0.6) is 0 Å². The van der Waals surface area contributed by atoms with E-state index in [0.29, 0.717) is 6.04 Å². The molecule has 3 heterocycles. The first-order valence-electron chi connectivity index (χ1n) is 8.10. The molecule has 2 fully saturated rings. The summed E-state index contributed by atoms with van der Waals surface area (Å²) in [5, 5.41) is 8.02. The third kappa shape index (κ3) is 2.88. The van der Waals surface area contributed by atoms with Crippen molar-refractivity contribution in [3.63, 3.8) is 0 Å². The molecule has 0 aromatic carbocycles. The topological polar surface area (TPSA) is 46.0 Å².